The van der Waals surface area contributed by atoms with Gasteiger partial charge >= 0.3 is 6.03 Å². The van der Waals surface area contributed by atoms with E-state index in [9.17, 15) is 14.7 Å². The molecule has 3 amide bonds. The van der Waals surface area contributed by atoms with E-state index in [-0.39, 0.29) is 11.4 Å². The second-order valence-corrected chi connectivity index (χ2v) is 4.34. The Labute approximate surface area is 105 Å². The average Bonchev–Trinajstić information content (AvgIpc) is 2.51. The number of amides is 3. The molecular weight excluding hydrogens is 323 g/mol. The maximum Gasteiger partial charge on any atom is 0.326 e. The van der Waals surface area contributed by atoms with Crippen molar-refractivity contribution in [2.75, 3.05) is 0 Å². The van der Waals surface area contributed by atoms with Gasteiger partial charge in [-0.3, -0.25) is 10.1 Å². The molecule has 0 unspecified atom stereocenters. The van der Waals surface area contributed by atoms with Gasteiger partial charge in [0.1, 0.15) is 11.4 Å². The van der Waals surface area contributed by atoms with Crippen LogP contribution < -0.4 is 10.6 Å². The first-order valence-corrected chi connectivity index (χ1v) is 5.46. The number of hydrogen-bond donors (Lipinski definition) is 3. The highest BCUT2D eigenvalue weighted by molar-refractivity contribution is 14.1. The van der Waals surface area contributed by atoms with E-state index in [0.29, 0.717) is 3.57 Å². The number of nitrogens with one attached hydrogen (secondary N) is 2. The van der Waals surface area contributed by atoms with Crippen molar-refractivity contribution >= 4 is 40.6 Å². The molecule has 5 nitrogen and oxygen atoms in total. The summed E-state index contributed by atoms with van der Waals surface area (Å²) in [5.74, 6) is -0.268. The molecule has 3 N–H and O–H groups in total. The second kappa shape index (κ2) is 4.12. The van der Waals surface area contributed by atoms with Gasteiger partial charge in [0.05, 0.1) is 3.57 Å². The lowest BCUT2D eigenvalue weighted by molar-refractivity contribution is -0.115. The third-order valence-corrected chi connectivity index (χ3v) is 2.87. The third kappa shape index (κ3) is 2.16. The first-order chi connectivity index (χ1) is 7.56. The minimum atomic E-state index is -0.523. The largest absolute Gasteiger partial charge is 0.507 e. The number of phenolic OH excluding ortho intramolecular Hbond substituents is 1. The van der Waals surface area contributed by atoms with Gasteiger partial charge in [-0.05, 0) is 46.4 Å². The fourth-order valence-electron chi connectivity index (χ4n) is 1.26. The van der Waals surface area contributed by atoms with Crippen LogP contribution in [0.2, 0.25) is 0 Å². The van der Waals surface area contributed by atoms with E-state index in [0.717, 1.165) is 5.56 Å². The molecule has 6 heteroatoms. The quantitative estimate of drug-likeness (QED) is 0.411. The molecule has 1 aromatic rings. The summed E-state index contributed by atoms with van der Waals surface area (Å²) in [4.78, 5) is 22.1. The van der Waals surface area contributed by atoms with Crippen molar-refractivity contribution in [3.63, 3.8) is 0 Å². The predicted octanol–water partition coefficient (Wildman–Crippen LogP) is 1.18. The van der Waals surface area contributed by atoms with Crippen LogP contribution in [0.4, 0.5) is 4.79 Å². The topological polar surface area (TPSA) is 78.4 Å². The monoisotopic (exact) mass is 330 g/mol. The molecule has 0 bridgehead atoms. The fraction of sp³-hybridized carbons (Fsp3) is 0. The van der Waals surface area contributed by atoms with E-state index in [1.54, 1.807) is 18.2 Å². The summed E-state index contributed by atoms with van der Waals surface area (Å²) in [6, 6.07) is 4.37. The van der Waals surface area contributed by atoms with E-state index in [1.165, 1.54) is 6.07 Å². The van der Waals surface area contributed by atoms with E-state index >= 15 is 0 Å². The number of imide groups is 1. The van der Waals surface area contributed by atoms with Crippen LogP contribution in [-0.2, 0) is 4.79 Å². The number of urea groups is 1. The zero-order chi connectivity index (χ0) is 11.7. The molecule has 1 aliphatic rings. The molecule has 16 heavy (non-hydrogen) atoms. The van der Waals surface area contributed by atoms with Gasteiger partial charge in [-0.25, -0.2) is 4.79 Å². The molecule has 1 heterocycles. The Bertz CT molecular complexity index is 511. The normalized spacial score (nSPS) is 17.4. The standard InChI is InChI=1S/C10H7IN2O3/c11-6-3-5(1-2-8(6)14)4-7-9(15)13-10(16)12-7/h1-4,14H,(H2,12,13,15,16)/b7-4-. The number of aromatic hydroxyl groups is 1. The van der Waals surface area contributed by atoms with Crippen LogP contribution in [0.3, 0.4) is 0 Å². The minimum Gasteiger partial charge on any atom is -0.507 e. The summed E-state index contributed by atoms with van der Waals surface area (Å²) in [6.07, 6.45) is 1.54. The van der Waals surface area contributed by atoms with Crippen LogP contribution >= 0.6 is 22.6 Å². The predicted molar refractivity (Wildman–Crippen MR) is 65.5 cm³/mol. The molecule has 0 radical (unpaired) electrons. The summed E-state index contributed by atoms with van der Waals surface area (Å²) < 4.78 is 0.677. The Morgan fingerprint density at radius 1 is 1.25 bits per heavy atom. The van der Waals surface area contributed by atoms with E-state index in [1.807, 2.05) is 22.6 Å². The molecule has 1 aliphatic heterocycles. The van der Waals surface area contributed by atoms with Gasteiger partial charge in [0.2, 0.25) is 0 Å². The molecule has 1 aromatic carbocycles. The van der Waals surface area contributed by atoms with Crippen LogP contribution in [0.5, 0.6) is 5.75 Å². The highest BCUT2D eigenvalue weighted by Gasteiger charge is 2.22. The summed E-state index contributed by atoms with van der Waals surface area (Å²) in [5.41, 5.74) is 0.932. The summed E-state index contributed by atoms with van der Waals surface area (Å²) in [5, 5.41) is 13.8. The Morgan fingerprint density at radius 3 is 2.56 bits per heavy atom. The van der Waals surface area contributed by atoms with Crippen molar-refractivity contribution in [1.29, 1.82) is 0 Å². The molecule has 1 fully saturated rings. The van der Waals surface area contributed by atoms with Crippen LogP contribution in [0, 0.1) is 3.57 Å². The average molecular weight is 330 g/mol. The van der Waals surface area contributed by atoms with Crippen molar-refractivity contribution in [1.82, 2.24) is 10.6 Å². The molecule has 2 rings (SSSR count). The smallest absolute Gasteiger partial charge is 0.326 e. The molecule has 0 spiro atoms. The van der Waals surface area contributed by atoms with Gasteiger partial charge in [0.25, 0.3) is 5.91 Å². The van der Waals surface area contributed by atoms with Crippen molar-refractivity contribution in [3.8, 4) is 5.75 Å². The highest BCUT2D eigenvalue weighted by Crippen LogP contribution is 2.21. The molecule has 0 aliphatic carbocycles. The van der Waals surface area contributed by atoms with Crippen LogP contribution in [0.25, 0.3) is 6.08 Å². The maximum absolute atomic E-state index is 11.2. The lowest BCUT2D eigenvalue weighted by Crippen LogP contribution is -2.22. The van der Waals surface area contributed by atoms with E-state index < -0.39 is 11.9 Å². The summed E-state index contributed by atoms with van der Waals surface area (Å²) in [6.45, 7) is 0. The minimum absolute atomic E-state index is 0.183. The molecule has 82 valence electrons. The van der Waals surface area contributed by atoms with E-state index in [4.69, 9.17) is 0 Å². The first kappa shape index (κ1) is 10.9. The van der Waals surface area contributed by atoms with Crippen molar-refractivity contribution in [3.05, 3.63) is 33.0 Å². The Balaban J connectivity index is 2.32. The number of carbonyl (C=O) groups is 2. The maximum atomic E-state index is 11.2. The number of halogens is 1. The van der Waals surface area contributed by atoms with Gasteiger partial charge < -0.3 is 10.4 Å². The van der Waals surface area contributed by atoms with Gasteiger partial charge in [-0.15, -0.1) is 0 Å². The zero-order valence-electron chi connectivity index (χ0n) is 7.95. The number of rotatable bonds is 1. The second-order valence-electron chi connectivity index (χ2n) is 3.18. The summed E-state index contributed by atoms with van der Waals surface area (Å²) in [7, 11) is 0. The van der Waals surface area contributed by atoms with Crippen molar-refractivity contribution in [2.24, 2.45) is 0 Å². The molecule has 1 saturated heterocycles. The van der Waals surface area contributed by atoms with Crippen molar-refractivity contribution < 1.29 is 14.7 Å². The van der Waals surface area contributed by atoms with Gasteiger partial charge in [-0.1, -0.05) is 6.07 Å². The number of hydrogen-bond acceptors (Lipinski definition) is 3. The van der Waals surface area contributed by atoms with Gasteiger partial charge in [-0.2, -0.15) is 0 Å². The number of benzene rings is 1. The van der Waals surface area contributed by atoms with E-state index in [2.05, 4.69) is 10.6 Å². The molecule has 0 aromatic heterocycles. The Hall–Kier alpha value is -1.57. The van der Waals surface area contributed by atoms with Crippen LogP contribution in [-0.4, -0.2) is 17.0 Å². The van der Waals surface area contributed by atoms with Crippen LogP contribution in [0.15, 0.2) is 23.9 Å². The first-order valence-electron chi connectivity index (χ1n) is 4.39. The Morgan fingerprint density at radius 2 is 2.00 bits per heavy atom. The molecule has 0 atom stereocenters. The van der Waals surface area contributed by atoms with Gasteiger partial charge in [0.15, 0.2) is 0 Å². The third-order valence-electron chi connectivity index (χ3n) is 2.00. The lowest BCUT2D eigenvalue weighted by Gasteiger charge is -1.99. The zero-order valence-corrected chi connectivity index (χ0v) is 10.1. The van der Waals surface area contributed by atoms with Crippen molar-refractivity contribution in [2.45, 2.75) is 0 Å². The molecule has 0 saturated carbocycles. The molecular formula is C10H7IN2O3. The fourth-order valence-corrected chi connectivity index (χ4v) is 1.80. The SMILES string of the molecule is O=C1NC(=O)/C(=C/c2ccc(O)c(I)c2)N1. The number of carbonyl (C=O) groups excluding carboxylic acids is 2. The lowest BCUT2D eigenvalue weighted by atomic mass is 10.2. The number of phenols is 1. The van der Waals surface area contributed by atoms with Gasteiger partial charge in [0, 0.05) is 0 Å². The van der Waals surface area contributed by atoms with Crippen LogP contribution in [0.1, 0.15) is 5.56 Å². The highest BCUT2D eigenvalue weighted by atomic mass is 127. The summed E-state index contributed by atoms with van der Waals surface area (Å²) >= 11 is 1.98. The Kier molecular flexibility index (Phi) is 2.82.